The number of hydrogen-bond acceptors (Lipinski definition) is 6. The number of halogens is 2. The molecule has 8 heteroatoms. The molecule has 0 atom stereocenters. The molecule has 146 valence electrons. The number of fused-ring (bicyclic) bond motifs is 2. The Bertz CT molecular complexity index is 1330. The van der Waals surface area contributed by atoms with Crippen LogP contribution in [0.4, 0.5) is 19.0 Å². The van der Waals surface area contributed by atoms with Crippen LogP contribution in [0, 0.1) is 11.6 Å². The van der Waals surface area contributed by atoms with Gasteiger partial charge in [-0.25, -0.2) is 28.7 Å². The number of thiazole rings is 2. The van der Waals surface area contributed by atoms with Gasteiger partial charge in [0.25, 0.3) is 0 Å². The van der Waals surface area contributed by atoms with E-state index < -0.39 is 0 Å². The van der Waals surface area contributed by atoms with E-state index in [0.29, 0.717) is 10.3 Å². The summed E-state index contributed by atoms with van der Waals surface area (Å²) < 4.78 is 28.2. The summed E-state index contributed by atoms with van der Waals surface area (Å²) in [6.45, 7) is 0. The maximum absolute atomic E-state index is 13.4. The summed E-state index contributed by atoms with van der Waals surface area (Å²) in [6.07, 6.45) is 3.42. The number of aliphatic imine (C=N–C) groups is 2. The maximum atomic E-state index is 13.4. The smallest absolute Gasteiger partial charge is 0.210 e. The molecule has 2 aromatic heterocycles. The Morgan fingerprint density at radius 1 is 0.667 bits per heavy atom. The molecule has 0 bridgehead atoms. The predicted molar refractivity (Wildman–Crippen MR) is 120 cm³/mol. The topological polar surface area (TPSA) is 50.5 Å². The Morgan fingerprint density at radius 3 is 1.60 bits per heavy atom. The van der Waals surface area contributed by atoms with Crippen molar-refractivity contribution in [2.24, 2.45) is 9.98 Å². The second-order valence-corrected chi connectivity index (χ2v) is 8.38. The number of aromatic nitrogens is 2. The van der Waals surface area contributed by atoms with Crippen LogP contribution in [0.3, 0.4) is 0 Å². The average Bonchev–Trinajstić information content (AvgIpc) is 3.33. The van der Waals surface area contributed by atoms with Crippen molar-refractivity contribution in [1.29, 1.82) is 0 Å². The fraction of sp³-hybridized carbons (Fsp3) is 0. The fourth-order valence-electron chi connectivity index (χ4n) is 2.88. The first-order chi connectivity index (χ1) is 14.6. The molecule has 0 amide bonds. The third-order valence-electron chi connectivity index (χ3n) is 4.30. The van der Waals surface area contributed by atoms with Gasteiger partial charge in [-0.15, -0.1) is 0 Å². The lowest BCUT2D eigenvalue weighted by atomic mass is 10.1. The molecule has 0 saturated carbocycles. The molecule has 0 spiro atoms. The first kappa shape index (κ1) is 18.7. The summed E-state index contributed by atoms with van der Waals surface area (Å²) in [7, 11) is 0. The predicted octanol–water partition coefficient (Wildman–Crippen LogP) is 6.69. The van der Waals surface area contributed by atoms with E-state index in [-0.39, 0.29) is 11.6 Å². The molecule has 0 aliphatic heterocycles. The molecule has 5 aromatic rings. The summed E-state index contributed by atoms with van der Waals surface area (Å²) in [5, 5.41) is 1.10. The monoisotopic (exact) mass is 434 g/mol. The molecule has 5 rings (SSSR count). The van der Waals surface area contributed by atoms with Crippen molar-refractivity contribution in [3.63, 3.8) is 0 Å². The molecule has 0 fully saturated rings. The van der Waals surface area contributed by atoms with Crippen molar-refractivity contribution >= 4 is 65.8 Å². The number of nitrogens with zero attached hydrogens (tertiary/aromatic N) is 4. The van der Waals surface area contributed by atoms with Gasteiger partial charge in [-0.3, -0.25) is 0 Å². The van der Waals surface area contributed by atoms with Crippen molar-refractivity contribution in [3.05, 3.63) is 83.4 Å². The highest BCUT2D eigenvalue weighted by Crippen LogP contribution is 2.29. The number of benzene rings is 3. The lowest BCUT2D eigenvalue weighted by Gasteiger charge is -1.98. The van der Waals surface area contributed by atoms with Gasteiger partial charge in [0.2, 0.25) is 10.3 Å². The summed E-state index contributed by atoms with van der Waals surface area (Å²) in [4.78, 5) is 17.7. The zero-order valence-electron chi connectivity index (χ0n) is 15.3. The van der Waals surface area contributed by atoms with Crippen LogP contribution in [-0.4, -0.2) is 22.4 Å². The zero-order valence-corrected chi connectivity index (χ0v) is 16.9. The minimum Gasteiger partial charge on any atom is -0.227 e. The molecule has 3 aromatic carbocycles. The molecule has 30 heavy (non-hydrogen) atoms. The maximum Gasteiger partial charge on any atom is 0.210 e. The van der Waals surface area contributed by atoms with Gasteiger partial charge in [-0.2, -0.15) is 0 Å². The van der Waals surface area contributed by atoms with Crippen LogP contribution < -0.4 is 0 Å². The lowest BCUT2D eigenvalue weighted by Crippen LogP contribution is -1.90. The van der Waals surface area contributed by atoms with Gasteiger partial charge in [0.05, 0.1) is 20.4 Å². The zero-order chi connectivity index (χ0) is 20.5. The van der Waals surface area contributed by atoms with Crippen LogP contribution in [0.15, 0.2) is 70.6 Å². The Labute approximate surface area is 177 Å². The van der Waals surface area contributed by atoms with E-state index in [2.05, 4.69) is 20.0 Å². The second-order valence-electron chi connectivity index (χ2n) is 6.36. The highest BCUT2D eigenvalue weighted by Gasteiger charge is 2.05. The molecular weight excluding hydrogens is 422 g/mol. The Balaban J connectivity index is 1.42. The van der Waals surface area contributed by atoms with Gasteiger partial charge in [-0.05, 0) is 36.4 Å². The summed E-state index contributed by atoms with van der Waals surface area (Å²) in [6, 6.07) is 16.6. The van der Waals surface area contributed by atoms with E-state index in [1.807, 2.05) is 24.3 Å². The normalized spacial score (nSPS) is 12.1. The standard InChI is InChI=1S/C22H12F2N4S2/c23-15-5-7-17-19(9-15)29-21(27-17)25-11-13-3-1-2-4-14(13)12-26-22-28-18-8-6-16(24)10-20(18)30-22/h1-12H/b25-11+,26-12+. The van der Waals surface area contributed by atoms with Gasteiger partial charge in [0.1, 0.15) is 11.6 Å². The summed E-state index contributed by atoms with van der Waals surface area (Å²) >= 11 is 2.66. The fourth-order valence-corrected chi connectivity index (χ4v) is 4.55. The minimum atomic E-state index is -0.291. The van der Waals surface area contributed by atoms with Gasteiger partial charge < -0.3 is 0 Å². The SMILES string of the molecule is Fc1ccc2nc(/N=C/c3ccccc3/C=N/c3nc4ccc(F)cc4s3)sc2c1. The van der Waals surface area contributed by atoms with E-state index >= 15 is 0 Å². The third-order valence-corrected chi connectivity index (χ3v) is 6.15. The quantitative estimate of drug-likeness (QED) is 0.296. The summed E-state index contributed by atoms with van der Waals surface area (Å²) in [5.74, 6) is -0.582. The van der Waals surface area contributed by atoms with E-state index in [1.54, 1.807) is 24.6 Å². The van der Waals surface area contributed by atoms with Crippen LogP contribution >= 0.6 is 22.7 Å². The number of rotatable bonds is 4. The minimum absolute atomic E-state index is 0.291. The van der Waals surface area contributed by atoms with Crippen molar-refractivity contribution < 1.29 is 8.78 Å². The molecule has 2 heterocycles. The Hall–Kier alpha value is -3.36. The third kappa shape index (κ3) is 3.87. The molecular formula is C22H12F2N4S2. The van der Waals surface area contributed by atoms with Crippen LogP contribution in [-0.2, 0) is 0 Å². The molecule has 4 nitrogen and oxygen atoms in total. The lowest BCUT2D eigenvalue weighted by molar-refractivity contribution is 0.629. The Morgan fingerprint density at radius 2 is 1.13 bits per heavy atom. The van der Waals surface area contributed by atoms with Crippen LogP contribution in [0.2, 0.25) is 0 Å². The largest absolute Gasteiger partial charge is 0.227 e. The van der Waals surface area contributed by atoms with E-state index in [9.17, 15) is 8.78 Å². The molecule has 0 radical (unpaired) electrons. The Kier molecular flexibility index (Phi) is 4.86. The highest BCUT2D eigenvalue weighted by atomic mass is 32.1. The molecule has 0 saturated heterocycles. The van der Waals surface area contributed by atoms with E-state index in [1.165, 1.54) is 46.9 Å². The van der Waals surface area contributed by atoms with E-state index in [4.69, 9.17) is 0 Å². The van der Waals surface area contributed by atoms with Crippen molar-refractivity contribution in [2.75, 3.05) is 0 Å². The van der Waals surface area contributed by atoms with E-state index in [0.717, 1.165) is 31.6 Å². The highest BCUT2D eigenvalue weighted by molar-refractivity contribution is 7.22. The van der Waals surface area contributed by atoms with Gasteiger partial charge in [0.15, 0.2) is 0 Å². The summed E-state index contributed by atoms with van der Waals surface area (Å²) in [5.41, 5.74) is 3.16. The first-order valence-corrected chi connectivity index (χ1v) is 10.6. The molecule has 0 N–H and O–H groups in total. The average molecular weight is 434 g/mol. The van der Waals surface area contributed by atoms with Gasteiger partial charge in [-0.1, -0.05) is 46.9 Å². The molecule has 0 aliphatic carbocycles. The molecule has 0 unspecified atom stereocenters. The van der Waals surface area contributed by atoms with Crippen LogP contribution in [0.25, 0.3) is 20.4 Å². The second kappa shape index (κ2) is 7.81. The van der Waals surface area contributed by atoms with Crippen LogP contribution in [0.1, 0.15) is 11.1 Å². The van der Waals surface area contributed by atoms with Crippen molar-refractivity contribution in [2.45, 2.75) is 0 Å². The molecule has 0 aliphatic rings. The number of hydrogen-bond donors (Lipinski definition) is 0. The van der Waals surface area contributed by atoms with Gasteiger partial charge in [0, 0.05) is 23.6 Å². The first-order valence-electron chi connectivity index (χ1n) is 8.93. The van der Waals surface area contributed by atoms with Gasteiger partial charge >= 0.3 is 0 Å². The van der Waals surface area contributed by atoms with Crippen molar-refractivity contribution in [3.8, 4) is 0 Å². The van der Waals surface area contributed by atoms with Crippen LogP contribution in [0.5, 0.6) is 0 Å². The van der Waals surface area contributed by atoms with Crippen molar-refractivity contribution in [1.82, 2.24) is 9.97 Å².